The first-order chi connectivity index (χ1) is 9.04. The van der Waals surface area contributed by atoms with Crippen LogP contribution in [-0.2, 0) is 4.79 Å². The molecule has 2 fully saturated rings. The molecule has 0 aromatic heterocycles. The van der Waals surface area contributed by atoms with Crippen LogP contribution in [0, 0.1) is 11.8 Å². The van der Waals surface area contributed by atoms with Crippen molar-refractivity contribution in [2.45, 2.75) is 51.3 Å². The fourth-order valence-corrected chi connectivity index (χ4v) is 4.25. The first kappa shape index (κ1) is 15.0. The Morgan fingerprint density at radius 2 is 2.21 bits per heavy atom. The van der Waals surface area contributed by atoms with Gasteiger partial charge in [0, 0.05) is 12.8 Å². The van der Waals surface area contributed by atoms with Gasteiger partial charge in [0.1, 0.15) is 9.57 Å². The molecule has 0 unspecified atom stereocenters. The molecule has 0 spiro atoms. The monoisotopic (exact) mass is 298 g/mol. The summed E-state index contributed by atoms with van der Waals surface area (Å²) in [6.45, 7) is 7.19. The smallest absolute Gasteiger partial charge is 0.247 e. The lowest BCUT2D eigenvalue weighted by Crippen LogP contribution is -2.32. The Hall–Kier alpha value is -0.420. The molecule has 0 radical (unpaired) electrons. The van der Waals surface area contributed by atoms with Crippen LogP contribution in [0.3, 0.4) is 0 Å². The predicted molar refractivity (Wildman–Crippen MR) is 85.8 cm³/mol. The van der Waals surface area contributed by atoms with Crippen LogP contribution < -0.4 is 0 Å². The molecule has 5 heteroatoms. The lowest BCUT2D eigenvalue weighted by Gasteiger charge is -2.31. The van der Waals surface area contributed by atoms with Crippen LogP contribution in [0.2, 0.25) is 0 Å². The average molecular weight is 298 g/mol. The van der Waals surface area contributed by atoms with E-state index in [-0.39, 0.29) is 11.2 Å². The maximum atomic E-state index is 12.1. The van der Waals surface area contributed by atoms with Crippen molar-refractivity contribution in [2.24, 2.45) is 16.8 Å². The number of thiocarbonyl (C=S) groups is 1. The second-order valence-electron chi connectivity index (χ2n) is 5.52. The highest BCUT2D eigenvalue weighted by molar-refractivity contribution is 8.24. The Kier molecular flexibility index (Phi) is 5.01. The molecule has 0 aromatic rings. The summed E-state index contributed by atoms with van der Waals surface area (Å²) < 4.78 is 0.689. The van der Waals surface area contributed by atoms with Crippen LogP contribution in [0.4, 0.5) is 0 Å². The summed E-state index contributed by atoms with van der Waals surface area (Å²) in [6.07, 6.45) is 5.54. The second-order valence-corrected chi connectivity index (χ2v) is 7.30. The summed E-state index contributed by atoms with van der Waals surface area (Å²) in [7, 11) is 0. The summed E-state index contributed by atoms with van der Waals surface area (Å²) in [4.78, 5) is 18.5. The number of carbonyl (C=O) groups is 1. The lowest BCUT2D eigenvalue weighted by atomic mass is 9.78. The number of rotatable bonds is 3. The number of thioether (sulfide) groups is 1. The van der Waals surface area contributed by atoms with E-state index in [2.05, 4.69) is 13.8 Å². The van der Waals surface area contributed by atoms with Crippen LogP contribution in [0.5, 0.6) is 0 Å². The molecule has 19 heavy (non-hydrogen) atoms. The highest BCUT2D eigenvalue weighted by atomic mass is 32.2. The van der Waals surface area contributed by atoms with Crippen LogP contribution >= 0.6 is 24.0 Å². The van der Waals surface area contributed by atoms with Gasteiger partial charge in [0.15, 0.2) is 0 Å². The molecule has 1 aliphatic heterocycles. The van der Waals surface area contributed by atoms with E-state index in [1.54, 1.807) is 4.90 Å². The molecule has 0 N–H and O–H groups in total. The van der Waals surface area contributed by atoms with Gasteiger partial charge in [0.25, 0.3) is 0 Å². The minimum atomic E-state index is -0.197. The zero-order valence-electron chi connectivity index (χ0n) is 11.8. The topological polar surface area (TPSA) is 32.7 Å². The summed E-state index contributed by atoms with van der Waals surface area (Å²) in [5, 5.41) is -0.197. The van der Waals surface area contributed by atoms with Crippen LogP contribution in [0.15, 0.2) is 4.99 Å². The molecule has 0 aromatic carbocycles. The van der Waals surface area contributed by atoms with Crippen molar-refractivity contribution in [1.29, 1.82) is 0 Å². The van der Waals surface area contributed by atoms with Gasteiger partial charge < -0.3 is 0 Å². The Morgan fingerprint density at radius 1 is 1.47 bits per heavy atom. The molecule has 3 nitrogen and oxygen atoms in total. The standard InChI is InChI=1S/C14H22N2OS2/c1-4-16-13(17)12(19-14(16)18)8-15-11-7-5-6-9(2)10(11)3/h8-12H,4-7H2,1-3H3/t9-,10-,11-,12-/m0/s1. The molecule has 2 aliphatic rings. The van der Waals surface area contributed by atoms with Gasteiger partial charge in [-0.1, -0.05) is 50.7 Å². The molecule has 2 rings (SSSR count). The third-order valence-corrected chi connectivity index (χ3v) is 5.86. The third-order valence-electron chi connectivity index (χ3n) is 4.35. The minimum absolute atomic E-state index is 0.0951. The van der Waals surface area contributed by atoms with Crippen LogP contribution in [0.1, 0.15) is 40.0 Å². The first-order valence-corrected chi connectivity index (χ1v) is 8.38. The normalized spacial score (nSPS) is 36.5. The van der Waals surface area contributed by atoms with Gasteiger partial charge in [-0.05, 0) is 25.2 Å². The quantitative estimate of drug-likeness (QED) is 0.593. The summed E-state index contributed by atoms with van der Waals surface area (Å²) >= 11 is 6.67. The van der Waals surface area contributed by atoms with Gasteiger partial charge in [-0.15, -0.1) is 0 Å². The molecule has 1 aliphatic carbocycles. The van der Waals surface area contributed by atoms with E-state index >= 15 is 0 Å². The fraction of sp³-hybridized carbons (Fsp3) is 0.786. The maximum Gasteiger partial charge on any atom is 0.247 e. The molecule has 0 bridgehead atoms. The minimum Gasteiger partial charge on any atom is -0.297 e. The fourth-order valence-electron chi connectivity index (χ4n) is 2.80. The Bertz CT molecular complexity index is 397. The van der Waals surface area contributed by atoms with Crippen molar-refractivity contribution in [2.75, 3.05) is 6.54 Å². The van der Waals surface area contributed by atoms with Gasteiger partial charge in [0.2, 0.25) is 5.91 Å². The zero-order chi connectivity index (χ0) is 14.0. The van der Waals surface area contributed by atoms with E-state index in [4.69, 9.17) is 17.2 Å². The molecule has 1 amide bonds. The predicted octanol–water partition coefficient (Wildman–Crippen LogP) is 3.13. The number of amides is 1. The van der Waals surface area contributed by atoms with E-state index in [1.807, 2.05) is 13.1 Å². The second kappa shape index (κ2) is 6.35. The number of hydrogen-bond acceptors (Lipinski definition) is 4. The van der Waals surface area contributed by atoms with E-state index < -0.39 is 0 Å². The summed E-state index contributed by atoms with van der Waals surface area (Å²) in [5.41, 5.74) is 0. The van der Waals surface area contributed by atoms with E-state index in [0.717, 1.165) is 12.3 Å². The maximum absolute atomic E-state index is 12.1. The van der Waals surface area contributed by atoms with Crippen LogP contribution in [0.25, 0.3) is 0 Å². The van der Waals surface area contributed by atoms with E-state index in [0.29, 0.717) is 22.8 Å². The van der Waals surface area contributed by atoms with Crippen molar-refractivity contribution in [1.82, 2.24) is 4.90 Å². The molecular weight excluding hydrogens is 276 g/mol. The molecular formula is C14H22N2OS2. The highest BCUT2D eigenvalue weighted by Gasteiger charge is 2.35. The van der Waals surface area contributed by atoms with Crippen molar-refractivity contribution in [3.63, 3.8) is 0 Å². The van der Waals surface area contributed by atoms with Gasteiger partial charge in [-0.2, -0.15) is 0 Å². The molecule has 1 saturated carbocycles. The average Bonchev–Trinajstić information content (AvgIpc) is 2.66. The molecule has 1 heterocycles. The van der Waals surface area contributed by atoms with Gasteiger partial charge in [-0.25, -0.2) is 0 Å². The highest BCUT2D eigenvalue weighted by Crippen LogP contribution is 2.32. The Morgan fingerprint density at radius 3 is 2.84 bits per heavy atom. The number of carbonyl (C=O) groups excluding carboxylic acids is 1. The Balaban J connectivity index is 1.99. The van der Waals surface area contributed by atoms with Gasteiger partial charge in [-0.3, -0.25) is 14.7 Å². The molecule has 4 atom stereocenters. The SMILES string of the molecule is CCN1C(=O)[C@H](C=N[C@H]2CCC[C@H](C)[C@@H]2C)SC1=S. The Labute approximate surface area is 125 Å². The number of nitrogens with zero attached hydrogens (tertiary/aromatic N) is 2. The van der Waals surface area contributed by atoms with Crippen molar-refractivity contribution in [3.8, 4) is 0 Å². The van der Waals surface area contributed by atoms with Crippen molar-refractivity contribution >= 4 is 40.4 Å². The summed E-state index contributed by atoms with van der Waals surface area (Å²) in [5.74, 6) is 1.44. The van der Waals surface area contributed by atoms with Crippen molar-refractivity contribution in [3.05, 3.63) is 0 Å². The van der Waals surface area contributed by atoms with E-state index in [9.17, 15) is 4.79 Å². The first-order valence-electron chi connectivity index (χ1n) is 7.09. The largest absolute Gasteiger partial charge is 0.297 e. The van der Waals surface area contributed by atoms with Crippen LogP contribution in [-0.4, -0.2) is 39.2 Å². The summed E-state index contributed by atoms with van der Waals surface area (Å²) in [6, 6.07) is 0.376. The third kappa shape index (κ3) is 3.19. The van der Waals surface area contributed by atoms with E-state index in [1.165, 1.54) is 24.6 Å². The van der Waals surface area contributed by atoms with Gasteiger partial charge in [0.05, 0.1) is 6.04 Å². The molecule has 106 valence electrons. The lowest BCUT2D eigenvalue weighted by molar-refractivity contribution is -0.124. The number of aliphatic imine (C=N–C) groups is 1. The van der Waals surface area contributed by atoms with Crippen molar-refractivity contribution < 1.29 is 4.79 Å². The number of hydrogen-bond donors (Lipinski definition) is 0. The molecule has 1 saturated heterocycles. The van der Waals surface area contributed by atoms with Gasteiger partial charge >= 0.3 is 0 Å². The zero-order valence-corrected chi connectivity index (χ0v) is 13.5.